The number of aliphatic hydroxyl groups is 2. The number of nitrogens with zero attached hydrogens (tertiary/aromatic N) is 1. The smallest absolute Gasteiger partial charge is 0.268 e. The summed E-state index contributed by atoms with van der Waals surface area (Å²) in [7, 11) is 1.10. The van der Waals surface area contributed by atoms with Gasteiger partial charge in [-0.25, -0.2) is 0 Å². The molecular formula is C49H95N2O7P. The molecule has 0 bridgehead atoms. The van der Waals surface area contributed by atoms with Crippen molar-refractivity contribution < 1.29 is 38.0 Å². The first-order valence-electron chi connectivity index (χ1n) is 24.4. The van der Waals surface area contributed by atoms with Crippen molar-refractivity contribution in [1.82, 2.24) is 5.32 Å². The molecule has 59 heavy (non-hydrogen) atoms. The molecule has 0 aromatic heterocycles. The van der Waals surface area contributed by atoms with Crippen LogP contribution in [0, 0.1) is 0 Å². The van der Waals surface area contributed by atoms with Gasteiger partial charge in [-0.05, 0) is 58.3 Å². The third kappa shape index (κ3) is 41.8. The highest BCUT2D eigenvalue weighted by Crippen LogP contribution is 2.38. The van der Waals surface area contributed by atoms with Gasteiger partial charge in [0.05, 0.1) is 39.9 Å². The van der Waals surface area contributed by atoms with E-state index in [0.29, 0.717) is 30.3 Å². The van der Waals surface area contributed by atoms with E-state index in [0.717, 1.165) is 51.4 Å². The summed E-state index contributed by atoms with van der Waals surface area (Å²) in [4.78, 5) is 25.4. The van der Waals surface area contributed by atoms with E-state index >= 15 is 0 Å². The number of aliphatic hydroxyl groups excluding tert-OH is 2. The first-order valence-corrected chi connectivity index (χ1v) is 25.8. The molecule has 9 nitrogen and oxygen atoms in total. The number of amides is 1. The van der Waals surface area contributed by atoms with Crippen LogP contribution in [0.1, 0.15) is 213 Å². The summed E-state index contributed by atoms with van der Waals surface area (Å²) in [5, 5.41) is 24.6. The van der Waals surface area contributed by atoms with Crippen LogP contribution in [0.25, 0.3) is 0 Å². The number of unbranched alkanes of at least 4 members (excludes halogenated alkanes) is 25. The number of carbonyl (C=O) groups is 1. The molecule has 0 fully saturated rings. The fraction of sp³-hybridized carbons (Fsp3) is 0.857. The Hall–Kier alpha value is -1.32. The van der Waals surface area contributed by atoms with Gasteiger partial charge in [-0.1, -0.05) is 185 Å². The van der Waals surface area contributed by atoms with Crippen LogP contribution in [0.4, 0.5) is 0 Å². The van der Waals surface area contributed by atoms with Gasteiger partial charge in [0.15, 0.2) is 0 Å². The van der Waals surface area contributed by atoms with Crippen molar-refractivity contribution in [2.24, 2.45) is 0 Å². The molecule has 4 atom stereocenters. The Morgan fingerprint density at radius 2 is 1.03 bits per heavy atom. The van der Waals surface area contributed by atoms with E-state index in [1.807, 2.05) is 28.1 Å². The fourth-order valence-corrected chi connectivity index (χ4v) is 7.84. The predicted molar refractivity (Wildman–Crippen MR) is 248 cm³/mol. The monoisotopic (exact) mass is 855 g/mol. The van der Waals surface area contributed by atoms with Gasteiger partial charge in [-0.3, -0.25) is 9.36 Å². The van der Waals surface area contributed by atoms with Crippen LogP contribution in [0.2, 0.25) is 0 Å². The van der Waals surface area contributed by atoms with Gasteiger partial charge >= 0.3 is 0 Å². The maximum Gasteiger partial charge on any atom is 0.268 e. The van der Waals surface area contributed by atoms with Gasteiger partial charge in [0.25, 0.3) is 7.82 Å². The molecule has 10 heteroatoms. The highest BCUT2D eigenvalue weighted by atomic mass is 31.2. The number of carbonyl (C=O) groups excluding carboxylic acids is 1. The van der Waals surface area contributed by atoms with Crippen LogP contribution in [-0.2, 0) is 18.4 Å². The van der Waals surface area contributed by atoms with Crippen molar-refractivity contribution in [3.8, 4) is 0 Å². The number of phosphoric ester groups is 1. The number of hydrogen-bond acceptors (Lipinski definition) is 7. The van der Waals surface area contributed by atoms with Crippen molar-refractivity contribution in [1.29, 1.82) is 0 Å². The number of rotatable bonds is 44. The minimum atomic E-state index is -4.68. The van der Waals surface area contributed by atoms with E-state index in [-0.39, 0.29) is 18.9 Å². The Morgan fingerprint density at radius 1 is 0.627 bits per heavy atom. The molecule has 0 aliphatic heterocycles. The molecule has 3 N–H and O–H groups in total. The second kappa shape index (κ2) is 40.7. The van der Waals surface area contributed by atoms with Crippen molar-refractivity contribution >= 4 is 13.7 Å². The van der Waals surface area contributed by atoms with Crippen LogP contribution in [-0.4, -0.2) is 79.8 Å². The molecule has 0 spiro atoms. The SMILES string of the molecule is C/C=C/CC/C=C/CC/C=C/CCCC(O)C(O)C(COP(=O)([O-])OCC[N+](C)(C)C)NC(=O)CCCCCCCCCCCCCCCCCCCCCCCCC. The number of quaternary nitrogens is 1. The summed E-state index contributed by atoms with van der Waals surface area (Å²) in [6, 6.07) is -1.10. The summed E-state index contributed by atoms with van der Waals surface area (Å²) >= 11 is 0. The number of hydrogen-bond donors (Lipinski definition) is 3. The maximum absolute atomic E-state index is 12.9. The lowest BCUT2D eigenvalue weighted by Gasteiger charge is -2.31. The number of likely N-dealkylation sites (N-methyl/N-ethyl adjacent to an activating group) is 1. The summed E-state index contributed by atoms with van der Waals surface area (Å²) in [6.07, 6.45) is 46.4. The Balaban J connectivity index is 4.33. The Morgan fingerprint density at radius 3 is 1.46 bits per heavy atom. The largest absolute Gasteiger partial charge is 0.756 e. The average Bonchev–Trinajstić information content (AvgIpc) is 3.19. The highest BCUT2D eigenvalue weighted by Gasteiger charge is 2.29. The normalized spacial score (nSPS) is 15.1. The number of nitrogens with one attached hydrogen (secondary N) is 1. The standard InChI is InChI=1S/C49H95N2O7P/c1-6-8-10-12-14-16-18-20-21-22-23-24-25-26-27-28-29-30-32-34-36-38-40-42-48(53)50-46(45-58-59(55,56)57-44-43-51(3,4)5)49(54)47(52)41-39-37-35-33-31-19-17-15-13-11-9-7-2/h7,9,15,17,33,35,46-47,49,52,54H,6,8,10-14,16,18-32,34,36-45H2,1-5H3,(H-,50,53,55,56)/b9-7+,17-15+,35-33+. The summed E-state index contributed by atoms with van der Waals surface area (Å²) < 4.78 is 23.1. The molecule has 0 saturated heterocycles. The van der Waals surface area contributed by atoms with Crippen molar-refractivity contribution in [3.63, 3.8) is 0 Å². The molecule has 348 valence electrons. The summed E-state index contributed by atoms with van der Waals surface area (Å²) in [5.74, 6) is -0.293. The molecule has 0 aromatic rings. The average molecular weight is 855 g/mol. The van der Waals surface area contributed by atoms with Gasteiger partial charge < -0.3 is 34.0 Å². The number of phosphoric acid groups is 1. The molecular weight excluding hydrogens is 760 g/mol. The molecule has 0 heterocycles. The molecule has 0 rings (SSSR count). The van der Waals surface area contributed by atoms with Gasteiger partial charge in [0, 0.05) is 6.42 Å². The fourth-order valence-electron chi connectivity index (χ4n) is 7.12. The lowest BCUT2D eigenvalue weighted by molar-refractivity contribution is -0.870. The van der Waals surface area contributed by atoms with Crippen molar-refractivity contribution in [2.75, 3.05) is 40.9 Å². The van der Waals surface area contributed by atoms with Crippen LogP contribution in [0.5, 0.6) is 0 Å². The third-order valence-electron chi connectivity index (χ3n) is 11.0. The second-order valence-electron chi connectivity index (χ2n) is 17.9. The van der Waals surface area contributed by atoms with Gasteiger partial charge in [-0.2, -0.15) is 0 Å². The molecule has 0 radical (unpaired) electrons. The zero-order valence-corrected chi connectivity index (χ0v) is 40.0. The summed E-state index contributed by atoms with van der Waals surface area (Å²) in [5.41, 5.74) is 0. The molecule has 1 amide bonds. The number of allylic oxidation sites excluding steroid dienone is 6. The van der Waals surface area contributed by atoms with E-state index in [4.69, 9.17) is 9.05 Å². The second-order valence-corrected chi connectivity index (χ2v) is 19.4. The van der Waals surface area contributed by atoms with Crippen molar-refractivity contribution in [3.05, 3.63) is 36.5 Å². The quantitative estimate of drug-likeness (QED) is 0.0241. The Kier molecular flexibility index (Phi) is 39.8. The van der Waals surface area contributed by atoms with E-state index in [1.54, 1.807) is 0 Å². The van der Waals surface area contributed by atoms with Gasteiger partial charge in [-0.15, -0.1) is 0 Å². The van der Waals surface area contributed by atoms with E-state index in [9.17, 15) is 24.5 Å². The lowest BCUT2D eigenvalue weighted by atomic mass is 10.0. The minimum Gasteiger partial charge on any atom is -0.756 e. The molecule has 4 unspecified atom stereocenters. The summed E-state index contributed by atoms with van der Waals surface area (Å²) in [6.45, 7) is 4.20. The Labute approximate surface area is 364 Å². The maximum atomic E-state index is 12.9. The first kappa shape index (κ1) is 57.7. The van der Waals surface area contributed by atoms with E-state index in [1.165, 1.54) is 122 Å². The van der Waals surface area contributed by atoms with Crippen molar-refractivity contribution in [2.45, 2.75) is 231 Å². The molecule has 0 aliphatic rings. The van der Waals surface area contributed by atoms with Crippen LogP contribution < -0.4 is 10.2 Å². The molecule has 0 aromatic carbocycles. The van der Waals surface area contributed by atoms with Gasteiger partial charge in [0.1, 0.15) is 19.3 Å². The van der Waals surface area contributed by atoms with Crippen LogP contribution in [0.3, 0.4) is 0 Å². The zero-order valence-electron chi connectivity index (χ0n) is 39.1. The van der Waals surface area contributed by atoms with E-state index in [2.05, 4.69) is 48.7 Å². The predicted octanol–water partition coefficient (Wildman–Crippen LogP) is 12.2. The van der Waals surface area contributed by atoms with Gasteiger partial charge in [0.2, 0.25) is 5.91 Å². The topological polar surface area (TPSA) is 128 Å². The first-order chi connectivity index (χ1) is 28.4. The van der Waals surface area contributed by atoms with Crippen LogP contribution >= 0.6 is 7.82 Å². The molecule has 0 saturated carbocycles. The zero-order chi connectivity index (χ0) is 43.7. The third-order valence-corrected chi connectivity index (χ3v) is 12.0. The van der Waals surface area contributed by atoms with E-state index < -0.39 is 32.7 Å². The molecule has 0 aliphatic carbocycles. The Bertz CT molecular complexity index is 1080. The highest BCUT2D eigenvalue weighted by molar-refractivity contribution is 7.45. The lowest BCUT2D eigenvalue weighted by Crippen LogP contribution is -2.51. The van der Waals surface area contributed by atoms with Crippen LogP contribution in [0.15, 0.2) is 36.5 Å². The minimum absolute atomic E-state index is 0.0492.